The van der Waals surface area contributed by atoms with E-state index in [1.54, 1.807) is 24.3 Å². The number of carboxylic acid groups (broad SMARTS) is 1. The summed E-state index contributed by atoms with van der Waals surface area (Å²) in [7, 11) is 0. The zero-order valence-corrected chi connectivity index (χ0v) is 11.2. The van der Waals surface area contributed by atoms with E-state index < -0.39 is 5.97 Å². The number of halogens is 1. The number of nitrogens with zero attached hydrogens (tertiary/aromatic N) is 1. The van der Waals surface area contributed by atoms with Crippen LogP contribution in [0.5, 0.6) is 0 Å². The molecule has 0 aliphatic heterocycles. The number of aromatic carboxylic acids is 1. The van der Waals surface area contributed by atoms with Crippen LogP contribution in [0.25, 0.3) is 0 Å². The van der Waals surface area contributed by atoms with Crippen molar-refractivity contribution in [2.45, 2.75) is 9.79 Å². The highest BCUT2D eigenvalue weighted by Gasteiger charge is 2.11. The van der Waals surface area contributed by atoms with Gasteiger partial charge in [-0.15, -0.1) is 0 Å². The van der Waals surface area contributed by atoms with Crippen molar-refractivity contribution in [3.05, 3.63) is 58.6 Å². The molecule has 0 aliphatic carbocycles. The number of hydrogen-bond donors (Lipinski definition) is 1. The molecule has 0 unspecified atom stereocenters. The molecule has 94 valence electrons. The van der Waals surface area contributed by atoms with Crippen molar-refractivity contribution in [2.75, 3.05) is 0 Å². The monoisotopic (exact) mass is 289 g/mol. The molecule has 0 saturated carbocycles. The SMILES string of the molecule is N#Cc1ccccc1Sc1ccc(Cl)c(C(=O)O)c1. The number of carboxylic acids is 1. The molecule has 0 heterocycles. The fourth-order valence-corrected chi connectivity index (χ4v) is 2.64. The summed E-state index contributed by atoms with van der Waals surface area (Å²) in [4.78, 5) is 12.5. The van der Waals surface area contributed by atoms with Crippen LogP contribution in [0.2, 0.25) is 5.02 Å². The maximum Gasteiger partial charge on any atom is 0.337 e. The van der Waals surface area contributed by atoms with Gasteiger partial charge in [0.15, 0.2) is 0 Å². The minimum atomic E-state index is -1.07. The van der Waals surface area contributed by atoms with Gasteiger partial charge in [0.25, 0.3) is 0 Å². The molecular formula is C14H8ClNO2S. The molecule has 1 N–H and O–H groups in total. The maximum atomic E-state index is 11.0. The van der Waals surface area contributed by atoms with Crippen molar-refractivity contribution >= 4 is 29.3 Å². The summed E-state index contributed by atoms with van der Waals surface area (Å²) in [5.74, 6) is -1.07. The van der Waals surface area contributed by atoms with E-state index in [4.69, 9.17) is 22.0 Å². The average molecular weight is 290 g/mol. The highest BCUT2D eigenvalue weighted by atomic mass is 35.5. The van der Waals surface area contributed by atoms with Gasteiger partial charge in [0.1, 0.15) is 6.07 Å². The van der Waals surface area contributed by atoms with Gasteiger partial charge in [-0.05, 0) is 30.3 Å². The first-order chi connectivity index (χ1) is 9.11. The Bertz CT molecular complexity index is 679. The van der Waals surface area contributed by atoms with Crippen LogP contribution in [0.1, 0.15) is 15.9 Å². The van der Waals surface area contributed by atoms with Gasteiger partial charge in [-0.25, -0.2) is 4.79 Å². The standard InChI is InChI=1S/C14H8ClNO2S/c15-12-6-5-10(7-11(12)14(17)18)19-13-4-2-1-3-9(13)8-16/h1-7H,(H,17,18). The van der Waals surface area contributed by atoms with E-state index in [2.05, 4.69) is 6.07 Å². The van der Waals surface area contributed by atoms with E-state index in [9.17, 15) is 4.79 Å². The second-order valence-electron chi connectivity index (χ2n) is 3.66. The predicted molar refractivity (Wildman–Crippen MR) is 73.7 cm³/mol. The third kappa shape index (κ3) is 3.08. The first-order valence-corrected chi connectivity index (χ1v) is 6.51. The van der Waals surface area contributed by atoms with Crippen molar-refractivity contribution in [3.63, 3.8) is 0 Å². The number of rotatable bonds is 3. The van der Waals surface area contributed by atoms with E-state index in [1.165, 1.54) is 17.8 Å². The summed E-state index contributed by atoms with van der Waals surface area (Å²) >= 11 is 7.14. The molecule has 0 aliphatic rings. The summed E-state index contributed by atoms with van der Waals surface area (Å²) in [6.07, 6.45) is 0. The zero-order chi connectivity index (χ0) is 13.8. The molecule has 0 aromatic heterocycles. The van der Waals surface area contributed by atoms with E-state index in [0.717, 1.165) is 9.79 Å². The summed E-state index contributed by atoms with van der Waals surface area (Å²) in [5.41, 5.74) is 0.612. The molecule has 0 atom stereocenters. The molecule has 5 heteroatoms. The number of nitriles is 1. The molecular weight excluding hydrogens is 282 g/mol. The average Bonchev–Trinajstić information content (AvgIpc) is 2.41. The number of carbonyl (C=O) groups is 1. The van der Waals surface area contributed by atoms with Gasteiger partial charge in [-0.1, -0.05) is 35.5 Å². The Morgan fingerprint density at radius 2 is 2.00 bits per heavy atom. The molecule has 0 bridgehead atoms. The first kappa shape index (κ1) is 13.5. The molecule has 19 heavy (non-hydrogen) atoms. The van der Waals surface area contributed by atoms with Gasteiger partial charge in [-0.2, -0.15) is 5.26 Å². The quantitative estimate of drug-likeness (QED) is 0.925. The molecule has 0 radical (unpaired) electrons. The van der Waals surface area contributed by atoms with Crippen molar-refractivity contribution in [3.8, 4) is 6.07 Å². The van der Waals surface area contributed by atoms with Crippen LogP contribution in [-0.2, 0) is 0 Å². The zero-order valence-electron chi connectivity index (χ0n) is 9.63. The maximum absolute atomic E-state index is 11.0. The second kappa shape index (κ2) is 5.79. The van der Waals surface area contributed by atoms with Gasteiger partial charge >= 0.3 is 5.97 Å². The van der Waals surface area contributed by atoms with E-state index >= 15 is 0 Å². The molecule has 0 fully saturated rings. The lowest BCUT2D eigenvalue weighted by molar-refractivity contribution is 0.0697. The molecule has 2 aromatic carbocycles. The topological polar surface area (TPSA) is 61.1 Å². The van der Waals surface area contributed by atoms with Gasteiger partial charge in [-0.3, -0.25) is 0 Å². The third-order valence-corrected chi connectivity index (χ3v) is 3.80. The Labute approximate surface area is 119 Å². The van der Waals surface area contributed by atoms with Crippen molar-refractivity contribution in [2.24, 2.45) is 0 Å². The molecule has 0 amide bonds. The van der Waals surface area contributed by atoms with Crippen LogP contribution in [0.15, 0.2) is 52.3 Å². The summed E-state index contributed by atoms with van der Waals surface area (Å²) in [6.45, 7) is 0. The van der Waals surface area contributed by atoms with E-state index in [-0.39, 0.29) is 10.6 Å². The number of benzene rings is 2. The van der Waals surface area contributed by atoms with Gasteiger partial charge in [0, 0.05) is 9.79 Å². The van der Waals surface area contributed by atoms with Crippen molar-refractivity contribution in [1.82, 2.24) is 0 Å². The molecule has 2 rings (SSSR count). The molecule has 3 nitrogen and oxygen atoms in total. The predicted octanol–water partition coefficient (Wildman–Crippen LogP) is 4.06. The van der Waals surface area contributed by atoms with Gasteiger partial charge in [0.05, 0.1) is 16.1 Å². The minimum Gasteiger partial charge on any atom is -0.478 e. The molecule has 0 spiro atoms. The highest BCUT2D eigenvalue weighted by molar-refractivity contribution is 7.99. The third-order valence-electron chi connectivity index (χ3n) is 2.40. The highest BCUT2D eigenvalue weighted by Crippen LogP contribution is 2.32. The second-order valence-corrected chi connectivity index (χ2v) is 5.18. The Hall–Kier alpha value is -1.96. The summed E-state index contributed by atoms with van der Waals surface area (Å²) in [5, 5.41) is 18.2. The van der Waals surface area contributed by atoms with Crippen molar-refractivity contribution < 1.29 is 9.90 Å². The lowest BCUT2D eigenvalue weighted by Gasteiger charge is -2.05. The Kier molecular flexibility index (Phi) is 4.10. The van der Waals surface area contributed by atoms with Crippen LogP contribution >= 0.6 is 23.4 Å². The first-order valence-electron chi connectivity index (χ1n) is 5.31. The van der Waals surface area contributed by atoms with Gasteiger partial charge in [0.2, 0.25) is 0 Å². The smallest absolute Gasteiger partial charge is 0.337 e. The van der Waals surface area contributed by atoms with Gasteiger partial charge < -0.3 is 5.11 Å². The lowest BCUT2D eigenvalue weighted by atomic mass is 10.2. The fraction of sp³-hybridized carbons (Fsp3) is 0. The van der Waals surface area contributed by atoms with Crippen LogP contribution in [0.4, 0.5) is 0 Å². The normalized spacial score (nSPS) is 9.89. The van der Waals surface area contributed by atoms with Crippen LogP contribution in [0.3, 0.4) is 0 Å². The molecule has 0 saturated heterocycles. The van der Waals surface area contributed by atoms with E-state index in [0.29, 0.717) is 5.56 Å². The molecule has 2 aromatic rings. The lowest BCUT2D eigenvalue weighted by Crippen LogP contribution is -1.97. The van der Waals surface area contributed by atoms with Crippen LogP contribution < -0.4 is 0 Å². The van der Waals surface area contributed by atoms with Crippen LogP contribution in [-0.4, -0.2) is 11.1 Å². The summed E-state index contributed by atoms with van der Waals surface area (Å²) in [6, 6.07) is 14.0. The Morgan fingerprint density at radius 1 is 1.26 bits per heavy atom. The minimum absolute atomic E-state index is 0.0566. The Morgan fingerprint density at radius 3 is 2.68 bits per heavy atom. The summed E-state index contributed by atoms with van der Waals surface area (Å²) < 4.78 is 0. The van der Waals surface area contributed by atoms with Crippen LogP contribution in [0, 0.1) is 11.3 Å². The Balaban J connectivity index is 2.37. The van der Waals surface area contributed by atoms with Crippen molar-refractivity contribution in [1.29, 1.82) is 5.26 Å². The largest absolute Gasteiger partial charge is 0.478 e. The van der Waals surface area contributed by atoms with E-state index in [1.807, 2.05) is 12.1 Å². The fourth-order valence-electron chi connectivity index (χ4n) is 1.51. The number of hydrogen-bond acceptors (Lipinski definition) is 3.